The molecule has 0 spiro atoms. The zero-order valence-electron chi connectivity index (χ0n) is 17.2. The van der Waals surface area contributed by atoms with Crippen LogP contribution in [0.3, 0.4) is 0 Å². The Bertz CT molecular complexity index is 916. The van der Waals surface area contributed by atoms with Crippen molar-refractivity contribution in [2.24, 2.45) is 0 Å². The van der Waals surface area contributed by atoms with Crippen LogP contribution in [-0.4, -0.2) is 50.2 Å². The quantitative estimate of drug-likeness (QED) is 0.751. The van der Waals surface area contributed by atoms with Gasteiger partial charge in [-0.1, -0.05) is 11.6 Å². The van der Waals surface area contributed by atoms with Crippen LogP contribution in [0.1, 0.15) is 38.8 Å². The summed E-state index contributed by atoms with van der Waals surface area (Å²) in [5, 5.41) is 17.8. The average molecular weight is 415 g/mol. The molecule has 7 nitrogen and oxygen atoms in total. The summed E-state index contributed by atoms with van der Waals surface area (Å²) in [6.45, 7) is 7.81. The molecule has 1 fully saturated rings. The van der Waals surface area contributed by atoms with E-state index in [0.717, 1.165) is 42.8 Å². The fourth-order valence-electron chi connectivity index (χ4n) is 3.52. The second-order valence-corrected chi connectivity index (χ2v) is 8.58. The number of aryl methyl sites for hydroxylation is 2. The molecule has 3 rings (SSSR count). The average Bonchev–Trinajstić information content (AvgIpc) is 3.31. The summed E-state index contributed by atoms with van der Waals surface area (Å²) in [5.41, 5.74) is 2.55. The fourth-order valence-corrected chi connectivity index (χ4v) is 3.69. The standard InChI is InChI=1S/C21H27ClN6O/c1-15-9-19(16-10-17(22)13-24-12-16)26-28(15)8-6-21(2,3)25-14-20(29)27-7-4-5-18(27)11-23/h9-10,12-13,18,25H,4-8,14H2,1-3H3/t18-/m0/s1. The van der Waals surface area contributed by atoms with E-state index in [1.165, 1.54) is 0 Å². The highest BCUT2D eigenvalue weighted by atomic mass is 35.5. The lowest BCUT2D eigenvalue weighted by atomic mass is 10.0. The Hall–Kier alpha value is -2.43. The molecule has 0 unspecified atom stereocenters. The molecule has 1 saturated heterocycles. The summed E-state index contributed by atoms with van der Waals surface area (Å²) < 4.78 is 1.97. The number of hydrogen-bond donors (Lipinski definition) is 1. The zero-order valence-corrected chi connectivity index (χ0v) is 17.9. The maximum absolute atomic E-state index is 12.5. The molecule has 3 heterocycles. The van der Waals surface area contributed by atoms with Gasteiger partial charge in [-0.25, -0.2) is 0 Å². The lowest BCUT2D eigenvalue weighted by Gasteiger charge is -2.28. The van der Waals surface area contributed by atoms with E-state index in [2.05, 4.69) is 35.3 Å². The lowest BCUT2D eigenvalue weighted by Crippen LogP contribution is -2.48. The normalized spacial score (nSPS) is 16.8. The van der Waals surface area contributed by atoms with Crippen LogP contribution in [0.4, 0.5) is 0 Å². The smallest absolute Gasteiger partial charge is 0.237 e. The molecule has 0 bridgehead atoms. The molecule has 0 saturated carbocycles. The predicted octanol–water partition coefficient (Wildman–Crippen LogP) is 3.18. The van der Waals surface area contributed by atoms with Crippen molar-refractivity contribution in [2.75, 3.05) is 13.1 Å². The lowest BCUT2D eigenvalue weighted by molar-refractivity contribution is -0.130. The second kappa shape index (κ2) is 8.93. The maximum Gasteiger partial charge on any atom is 0.237 e. The fraction of sp³-hybridized carbons (Fsp3) is 0.524. The number of carbonyl (C=O) groups excluding carboxylic acids is 1. The van der Waals surface area contributed by atoms with Gasteiger partial charge in [-0.3, -0.25) is 14.5 Å². The van der Waals surface area contributed by atoms with E-state index in [-0.39, 0.29) is 24.0 Å². The van der Waals surface area contributed by atoms with E-state index < -0.39 is 0 Å². The zero-order chi connectivity index (χ0) is 21.0. The minimum absolute atomic E-state index is 0.00635. The van der Waals surface area contributed by atoms with Gasteiger partial charge in [0.2, 0.25) is 5.91 Å². The molecule has 8 heteroatoms. The minimum atomic E-state index is -0.279. The number of nitrogens with zero attached hydrogens (tertiary/aromatic N) is 5. The first kappa shape index (κ1) is 21.3. The largest absolute Gasteiger partial charge is 0.326 e. The van der Waals surface area contributed by atoms with Crippen LogP contribution in [0.5, 0.6) is 0 Å². The van der Waals surface area contributed by atoms with Gasteiger partial charge < -0.3 is 10.2 Å². The number of halogens is 1. The highest BCUT2D eigenvalue weighted by Gasteiger charge is 2.29. The molecule has 0 radical (unpaired) electrons. The minimum Gasteiger partial charge on any atom is -0.326 e. The number of nitriles is 1. The number of likely N-dealkylation sites (tertiary alicyclic amines) is 1. The third kappa shape index (κ3) is 5.34. The van der Waals surface area contributed by atoms with Crippen molar-refractivity contribution in [1.29, 1.82) is 5.26 Å². The summed E-state index contributed by atoms with van der Waals surface area (Å²) in [6.07, 6.45) is 5.83. The predicted molar refractivity (Wildman–Crippen MR) is 112 cm³/mol. The van der Waals surface area contributed by atoms with Gasteiger partial charge in [-0.05, 0) is 52.2 Å². The summed E-state index contributed by atoms with van der Waals surface area (Å²) in [4.78, 5) is 18.3. The summed E-state index contributed by atoms with van der Waals surface area (Å²) in [5.74, 6) is -0.00635. The van der Waals surface area contributed by atoms with E-state index in [1.54, 1.807) is 17.3 Å². The molecule has 2 aromatic heterocycles. The van der Waals surface area contributed by atoms with Gasteiger partial charge in [0.05, 0.1) is 23.3 Å². The maximum atomic E-state index is 12.5. The van der Waals surface area contributed by atoms with E-state index in [4.69, 9.17) is 16.9 Å². The van der Waals surface area contributed by atoms with Gasteiger partial charge in [0.15, 0.2) is 0 Å². The molecule has 0 aromatic carbocycles. The van der Waals surface area contributed by atoms with Crippen molar-refractivity contribution in [3.05, 3.63) is 35.2 Å². The van der Waals surface area contributed by atoms with Gasteiger partial charge in [0.1, 0.15) is 6.04 Å². The Kier molecular flexibility index (Phi) is 6.56. The Morgan fingerprint density at radius 3 is 2.93 bits per heavy atom. The van der Waals surface area contributed by atoms with Crippen molar-refractivity contribution in [3.8, 4) is 17.3 Å². The number of aromatic nitrogens is 3. The number of rotatable bonds is 7. The highest BCUT2D eigenvalue weighted by molar-refractivity contribution is 6.30. The number of hydrogen-bond acceptors (Lipinski definition) is 5. The van der Waals surface area contributed by atoms with Crippen molar-refractivity contribution in [1.82, 2.24) is 25.0 Å². The summed E-state index contributed by atoms with van der Waals surface area (Å²) >= 11 is 6.03. The van der Waals surface area contributed by atoms with Crippen LogP contribution in [0.2, 0.25) is 5.02 Å². The van der Waals surface area contributed by atoms with Crippen LogP contribution < -0.4 is 5.32 Å². The Balaban J connectivity index is 1.56. The molecular weight excluding hydrogens is 388 g/mol. The molecule has 1 aliphatic rings. The second-order valence-electron chi connectivity index (χ2n) is 8.15. The molecule has 29 heavy (non-hydrogen) atoms. The number of pyridine rings is 1. The van der Waals surface area contributed by atoms with E-state index >= 15 is 0 Å². The molecule has 1 N–H and O–H groups in total. The molecule has 1 amide bonds. The molecule has 1 aliphatic heterocycles. The van der Waals surface area contributed by atoms with Crippen molar-refractivity contribution >= 4 is 17.5 Å². The Morgan fingerprint density at radius 2 is 2.21 bits per heavy atom. The van der Waals surface area contributed by atoms with Gasteiger partial charge >= 0.3 is 0 Å². The number of amides is 1. The first-order chi connectivity index (χ1) is 13.8. The van der Waals surface area contributed by atoms with Crippen LogP contribution in [0, 0.1) is 18.3 Å². The molecule has 1 atom stereocenters. The van der Waals surface area contributed by atoms with E-state index in [0.29, 0.717) is 11.6 Å². The molecular formula is C21H27ClN6O. The van der Waals surface area contributed by atoms with Crippen LogP contribution in [0.15, 0.2) is 24.5 Å². The third-order valence-electron chi connectivity index (χ3n) is 5.37. The van der Waals surface area contributed by atoms with Crippen LogP contribution in [-0.2, 0) is 11.3 Å². The number of nitrogens with one attached hydrogen (secondary N) is 1. The summed E-state index contributed by atoms with van der Waals surface area (Å²) in [6, 6.07) is 5.81. The van der Waals surface area contributed by atoms with Crippen LogP contribution in [0.25, 0.3) is 11.3 Å². The van der Waals surface area contributed by atoms with E-state index in [1.807, 2.05) is 23.7 Å². The van der Waals surface area contributed by atoms with Gasteiger partial charge in [-0.2, -0.15) is 10.4 Å². The first-order valence-corrected chi connectivity index (χ1v) is 10.3. The summed E-state index contributed by atoms with van der Waals surface area (Å²) in [7, 11) is 0. The van der Waals surface area contributed by atoms with Crippen molar-refractivity contribution in [2.45, 2.75) is 58.2 Å². The first-order valence-electron chi connectivity index (χ1n) is 9.88. The van der Waals surface area contributed by atoms with Gasteiger partial charge in [-0.15, -0.1) is 0 Å². The number of carbonyl (C=O) groups is 1. The topological polar surface area (TPSA) is 86.8 Å². The van der Waals surface area contributed by atoms with Gasteiger partial charge in [0, 0.05) is 42.3 Å². The van der Waals surface area contributed by atoms with E-state index in [9.17, 15) is 4.79 Å². The van der Waals surface area contributed by atoms with Crippen molar-refractivity contribution in [3.63, 3.8) is 0 Å². The molecule has 154 valence electrons. The Morgan fingerprint density at radius 1 is 1.41 bits per heavy atom. The molecule has 2 aromatic rings. The Labute approximate surface area is 176 Å². The third-order valence-corrected chi connectivity index (χ3v) is 5.58. The monoisotopic (exact) mass is 414 g/mol. The van der Waals surface area contributed by atoms with Crippen molar-refractivity contribution < 1.29 is 4.79 Å². The SMILES string of the molecule is Cc1cc(-c2cncc(Cl)c2)nn1CCC(C)(C)NCC(=O)N1CCC[C@H]1C#N. The van der Waals surface area contributed by atoms with Gasteiger partial charge in [0.25, 0.3) is 0 Å². The molecule has 0 aliphatic carbocycles. The highest BCUT2D eigenvalue weighted by Crippen LogP contribution is 2.22. The van der Waals surface area contributed by atoms with Crippen LogP contribution >= 0.6 is 11.6 Å².